The standard InChI is InChI=1S/C9H17NO3.C8H13O6.C8H16O5.2C7H13N3O4.3C7H14O5.C7H13O4.C7H14O3/c1-5-4-8(10-7(3)11)9(12)6(2)13-5;1-3-6(11)8(13)7(12)4(14-3)2-5(9)10;1-4-6(10)8(12-2)7(11)5(3-9)13-4;1-3-6(12)7(13)5(9-10-8)4(2-11)14-3;1-3-5(11)7(13)6(12)4(14-3)2-9-10-8;3*1-3-5(9)7(11)6(10)4(2-8)12-3;1-3-5(8)7(10)6(9)4(2)11-3;1-4-3-6(8)7(9)5(2)10-4/h5-6,8-9,12H,4H2,1-3H3,(H,10,11);3-4,6-8,11-13H,1-2H2,(H,9,10);4-11H,3H2,1-2H3;2*3-7,11-13H,2H2,1H3;3*3-11H,2H2,1H3;3-10H,1H2,2H3;4-9H,3H2,1-2H3/q;-1;;;;;;;-1;/p-1/t5?,6-,8-,9?;3-,4?,6?,7+,8+;4-,5?,6?,7+,8+;3-,4?,5+,6?,7-;3*3-,4?,5?,6+,7+;3-,4?,5?,6-,7+;3-,4?,5-,6+,7?;4?,5-,6-,7?/m0000000010/s1. The molecule has 125 heavy (non-hydrogen) atoms. The van der Waals surface area contributed by atoms with E-state index in [1.54, 1.807) is 55.4 Å². The van der Waals surface area contributed by atoms with Crippen molar-refractivity contribution in [3.63, 3.8) is 0 Å². The first-order valence-corrected chi connectivity index (χ1v) is 40.4. The fourth-order valence-corrected chi connectivity index (χ4v) is 13.8. The molecule has 10 fully saturated rings. The second-order valence-corrected chi connectivity index (χ2v) is 31.6. The number of carbonyl (C=O) groups excluding carboxylic acids is 2. The molecule has 738 valence electrons. The van der Waals surface area contributed by atoms with Gasteiger partial charge in [0.25, 0.3) is 0 Å². The summed E-state index contributed by atoms with van der Waals surface area (Å²) in [5.74, 6) is -1.50. The van der Waals surface area contributed by atoms with Crippen LogP contribution in [0.3, 0.4) is 0 Å². The van der Waals surface area contributed by atoms with Crippen LogP contribution in [0.15, 0.2) is 10.2 Å². The lowest BCUT2D eigenvalue weighted by Crippen LogP contribution is -2.58. The number of azide groups is 2. The lowest BCUT2D eigenvalue weighted by molar-refractivity contribution is -0.311. The molecule has 0 aromatic carbocycles. The van der Waals surface area contributed by atoms with Crippen molar-refractivity contribution in [2.45, 2.75) is 395 Å². The summed E-state index contributed by atoms with van der Waals surface area (Å²) in [5.41, 5.74) is 16.3. The SMILES string of the molecule is CC(=O)N[C@H]1CC(C)O[C@@H](C)C1O.CC1C[C@H](O)C(O)[C@H](C)O1.CO[C@@H]1C(O)[C@H](C)OC(CO)[C@H]1O.C[C@@H]1OC(CN=[N+]=[N-])[C@@H](O)[C@H](O)C1O.C[C@@H]1OC(CO)[C@@H](N=[N+]=[N-])[C@H](O)C1O.C[C@@H]1OC(CO)[C@@H](O)[C@H](O)C1O.C[C@@H]1OC(CO)[C@@H](O)[C@H](O)C1O.C[C@@H]1OC(CO)[C@H](O)[C@H](O)C1O.[CH2-][C@@H]1OC(CC(=O)[O-])[C@@H](O)[C@H](O)C1O.[CH2-][C@H]1OC(C)[C@H](O)C(O)[C@@H]1O. The molecule has 0 saturated carbocycles. The summed E-state index contributed by atoms with van der Waals surface area (Å²) in [6.07, 6.45) is -39.3. The van der Waals surface area contributed by atoms with E-state index in [4.69, 9.17) is 98.9 Å². The Kier molecular flexibility index (Phi) is 55.2. The molecule has 0 aromatic rings. The van der Waals surface area contributed by atoms with Crippen LogP contribution < -0.4 is 10.4 Å². The van der Waals surface area contributed by atoms with Crippen molar-refractivity contribution in [2.75, 3.05) is 46.7 Å². The third kappa shape index (κ3) is 36.1. The first kappa shape index (κ1) is 119. The maximum atomic E-state index is 10.8. The summed E-state index contributed by atoms with van der Waals surface area (Å²) in [7, 11) is 1.41. The van der Waals surface area contributed by atoms with Gasteiger partial charge in [0.15, 0.2) is 0 Å². The zero-order valence-electron chi connectivity index (χ0n) is 71.8. The van der Waals surface area contributed by atoms with Crippen LogP contribution in [0.25, 0.3) is 20.9 Å². The number of carbonyl (C=O) groups is 2. The number of nitrogens with one attached hydrogen (secondary N) is 1. The van der Waals surface area contributed by atoms with Crippen LogP contribution in [-0.4, -0.2) is 505 Å². The van der Waals surface area contributed by atoms with Crippen molar-refractivity contribution in [1.82, 2.24) is 5.32 Å². The number of carboxylic acids is 1. The molecule has 0 aromatic heterocycles. The fraction of sp³-hybridized carbons (Fsp3) is 0.946. The molecule has 10 saturated heterocycles. The number of amides is 1. The van der Waals surface area contributed by atoms with Gasteiger partial charge in [-0.1, -0.05) is 10.2 Å². The number of ether oxygens (including phenoxy) is 11. The van der Waals surface area contributed by atoms with Crippen LogP contribution in [0.4, 0.5) is 0 Å². The van der Waals surface area contributed by atoms with E-state index in [1.807, 2.05) is 20.8 Å². The van der Waals surface area contributed by atoms with Gasteiger partial charge in [-0.15, -0.1) is 0 Å². The highest BCUT2D eigenvalue weighted by molar-refractivity contribution is 5.73. The van der Waals surface area contributed by atoms with Gasteiger partial charge in [0.1, 0.15) is 159 Å². The smallest absolute Gasteiger partial charge is 0.217 e. The van der Waals surface area contributed by atoms with E-state index in [9.17, 15) is 132 Å². The number of aliphatic hydroxyl groups excluding tert-OH is 30. The molecule has 0 aliphatic carbocycles. The molecule has 1 amide bonds. The highest BCUT2D eigenvalue weighted by Crippen LogP contribution is 2.30. The highest BCUT2D eigenvalue weighted by Gasteiger charge is 2.48. The number of nitrogens with zero attached hydrogens (tertiary/aromatic N) is 6. The van der Waals surface area contributed by atoms with Crippen LogP contribution in [0.1, 0.15) is 102 Å². The first-order chi connectivity index (χ1) is 58.1. The Labute approximate surface area is 721 Å². The number of aliphatic carboxylic acids is 1. The molecule has 10 aliphatic heterocycles. The van der Waals surface area contributed by atoms with Crippen molar-refractivity contribution in [2.24, 2.45) is 10.2 Å². The van der Waals surface area contributed by atoms with E-state index < -0.39 is 275 Å². The van der Waals surface area contributed by atoms with E-state index in [-0.39, 0.29) is 75.9 Å². The number of carboxylic acid groups (broad SMARTS) is 1. The number of aliphatic hydroxyl groups is 30. The Morgan fingerprint density at radius 3 is 1.01 bits per heavy atom. The maximum absolute atomic E-state index is 10.8. The van der Waals surface area contributed by atoms with Gasteiger partial charge in [-0.05, 0) is 106 Å². The summed E-state index contributed by atoms with van der Waals surface area (Å²) < 4.78 is 56.0. The third-order valence-corrected chi connectivity index (χ3v) is 21.7. The maximum Gasteiger partial charge on any atom is 0.217 e. The number of rotatable bonds is 12. The van der Waals surface area contributed by atoms with Gasteiger partial charge >= 0.3 is 0 Å². The normalized spacial score (nSPS) is 46.2. The minimum Gasteiger partial charge on any atom is -0.550 e. The van der Waals surface area contributed by atoms with E-state index in [0.29, 0.717) is 12.8 Å². The average molecular weight is 1830 g/mol. The largest absolute Gasteiger partial charge is 0.550 e. The van der Waals surface area contributed by atoms with E-state index in [1.165, 1.54) is 14.0 Å². The third-order valence-electron chi connectivity index (χ3n) is 21.7. The van der Waals surface area contributed by atoms with Gasteiger partial charge in [-0.3, -0.25) is 4.79 Å². The van der Waals surface area contributed by atoms with Crippen molar-refractivity contribution < 1.29 is 220 Å². The second kappa shape index (κ2) is 58.1. The topological polar surface area (TPSA) is 875 Å². The van der Waals surface area contributed by atoms with Crippen LogP contribution in [0, 0.1) is 13.8 Å². The molecule has 31 N–H and O–H groups in total. The number of methoxy groups -OCH3 is 1. The zero-order valence-corrected chi connectivity index (χ0v) is 71.8. The van der Waals surface area contributed by atoms with Crippen molar-refractivity contribution in [1.29, 1.82) is 0 Å². The lowest BCUT2D eigenvalue weighted by atomic mass is 9.94. The Balaban J connectivity index is 0.000000695. The predicted molar refractivity (Wildman–Crippen MR) is 420 cm³/mol. The molecule has 51 heteroatoms. The molecular weight excluding hydrogens is 1690 g/mol. The molecular formula is C74H140N7O44-3. The monoisotopic (exact) mass is 1830 g/mol. The van der Waals surface area contributed by atoms with Crippen molar-refractivity contribution >= 4 is 11.9 Å². The molecule has 10 heterocycles. The molecule has 10 aliphatic rings. The van der Waals surface area contributed by atoms with Gasteiger partial charge < -0.3 is 234 Å². The van der Waals surface area contributed by atoms with Gasteiger partial charge in [-0.2, -0.15) is 0 Å². The fourth-order valence-electron chi connectivity index (χ4n) is 13.8. The Bertz CT molecular complexity index is 2890. The van der Waals surface area contributed by atoms with E-state index in [0.717, 1.165) is 0 Å². The minimum absolute atomic E-state index is 0.0633. The molecule has 48 atom stereocenters. The van der Waals surface area contributed by atoms with Crippen LogP contribution in [0.2, 0.25) is 0 Å². The van der Waals surface area contributed by atoms with Crippen LogP contribution >= 0.6 is 0 Å². The minimum atomic E-state index is -1.45. The summed E-state index contributed by atoms with van der Waals surface area (Å²) >= 11 is 0. The summed E-state index contributed by atoms with van der Waals surface area (Å²) in [6.45, 7) is 25.1. The van der Waals surface area contributed by atoms with Crippen LogP contribution in [0.5, 0.6) is 0 Å². The summed E-state index contributed by atoms with van der Waals surface area (Å²) in [6, 6.07) is -1.12. The van der Waals surface area contributed by atoms with E-state index in [2.05, 4.69) is 39.2 Å². The van der Waals surface area contributed by atoms with E-state index >= 15 is 0 Å². The quantitative estimate of drug-likeness (QED) is 0.0373. The zero-order chi connectivity index (χ0) is 96.5. The summed E-state index contributed by atoms with van der Waals surface area (Å²) in [4.78, 5) is 26.1. The molecule has 0 spiro atoms. The number of hydrogen-bond acceptors (Lipinski definition) is 46. The predicted octanol–water partition coefficient (Wildman–Crippen LogP) is -14.2. The van der Waals surface area contributed by atoms with Gasteiger partial charge in [0.05, 0.1) is 162 Å². The van der Waals surface area contributed by atoms with Gasteiger partial charge in [0, 0.05) is 42.7 Å². The Hall–Kier alpha value is -4.08. The summed E-state index contributed by atoms with van der Waals surface area (Å²) in [5, 5.41) is 296. The van der Waals surface area contributed by atoms with Gasteiger partial charge in [0.2, 0.25) is 5.91 Å². The highest BCUT2D eigenvalue weighted by atomic mass is 16.6. The average Bonchev–Trinajstić information content (AvgIpc) is 0.918. The Morgan fingerprint density at radius 1 is 0.360 bits per heavy atom. The van der Waals surface area contributed by atoms with Gasteiger partial charge in [-0.25, -0.2) is 0 Å². The molecule has 10 rings (SSSR count). The number of hydrogen-bond donors (Lipinski definition) is 31. The van der Waals surface area contributed by atoms with Crippen LogP contribution in [-0.2, 0) is 61.7 Å². The molecule has 0 radical (unpaired) electrons. The molecule has 0 bridgehead atoms. The second-order valence-electron chi connectivity index (χ2n) is 31.6. The first-order valence-electron chi connectivity index (χ1n) is 40.4. The lowest BCUT2D eigenvalue weighted by Gasteiger charge is -2.42. The molecule has 20 unspecified atom stereocenters. The van der Waals surface area contributed by atoms with Crippen molar-refractivity contribution in [3.8, 4) is 0 Å². The van der Waals surface area contributed by atoms with Crippen molar-refractivity contribution in [3.05, 3.63) is 34.7 Å². The molecule has 51 nitrogen and oxygen atoms in total. The Morgan fingerprint density at radius 2 is 0.656 bits per heavy atom.